The second kappa shape index (κ2) is 4.90. The fraction of sp³-hybridized carbons (Fsp3) is 0.538. The predicted molar refractivity (Wildman–Crippen MR) is 71.7 cm³/mol. The lowest BCUT2D eigenvalue weighted by atomic mass is 10.1. The summed E-state index contributed by atoms with van der Waals surface area (Å²) >= 11 is 0. The summed E-state index contributed by atoms with van der Waals surface area (Å²) < 4.78 is 24.4. The monoisotopic (exact) mass is 269 g/mol. The van der Waals surface area contributed by atoms with Gasteiger partial charge in [0.05, 0.1) is 16.3 Å². The van der Waals surface area contributed by atoms with E-state index in [1.807, 2.05) is 19.9 Å². The Morgan fingerprint density at radius 1 is 1.33 bits per heavy atom. The first-order valence-corrected chi connectivity index (χ1v) is 7.80. The molecule has 0 amide bonds. The van der Waals surface area contributed by atoms with Crippen molar-refractivity contribution in [2.45, 2.75) is 37.6 Å². The smallest absolute Gasteiger partial charge is 0.182 e. The molecular formula is C13H19NO3S. The van der Waals surface area contributed by atoms with Gasteiger partial charge in [0.1, 0.15) is 0 Å². The van der Waals surface area contributed by atoms with Crippen molar-refractivity contribution < 1.29 is 13.5 Å². The predicted octanol–water partition coefficient (Wildman–Crippen LogP) is 1.64. The molecule has 1 atom stereocenters. The number of nitrogens with one attached hydrogen (secondary N) is 1. The van der Waals surface area contributed by atoms with Crippen LogP contribution >= 0.6 is 0 Å². The lowest BCUT2D eigenvalue weighted by Crippen LogP contribution is -2.34. The number of sulfone groups is 1. The highest BCUT2D eigenvalue weighted by Gasteiger charge is 2.29. The highest BCUT2D eigenvalue weighted by atomic mass is 32.2. The summed E-state index contributed by atoms with van der Waals surface area (Å²) in [6.07, 6.45) is 1.29. The van der Waals surface area contributed by atoms with E-state index < -0.39 is 9.84 Å². The highest BCUT2D eigenvalue weighted by Crippen LogP contribution is 2.32. The SMILES string of the molecule is Cc1cc2c(cc1C)S(=O)(=O)CC(CCCO)N2. The molecule has 1 unspecified atom stereocenters. The molecule has 1 aromatic carbocycles. The molecule has 0 saturated carbocycles. The average molecular weight is 269 g/mol. The average Bonchev–Trinajstić information content (AvgIpc) is 2.28. The molecule has 0 spiro atoms. The number of hydrogen-bond donors (Lipinski definition) is 2. The maximum atomic E-state index is 12.2. The molecule has 0 aromatic heterocycles. The topological polar surface area (TPSA) is 66.4 Å². The summed E-state index contributed by atoms with van der Waals surface area (Å²) in [6, 6.07) is 3.54. The molecule has 18 heavy (non-hydrogen) atoms. The van der Waals surface area contributed by atoms with Gasteiger partial charge in [-0.3, -0.25) is 0 Å². The highest BCUT2D eigenvalue weighted by molar-refractivity contribution is 7.91. The van der Waals surface area contributed by atoms with Crippen molar-refractivity contribution in [3.63, 3.8) is 0 Å². The number of rotatable bonds is 3. The van der Waals surface area contributed by atoms with Gasteiger partial charge in [-0.15, -0.1) is 0 Å². The Morgan fingerprint density at radius 2 is 2.00 bits per heavy atom. The minimum absolute atomic E-state index is 0.0952. The van der Waals surface area contributed by atoms with Gasteiger partial charge in [0.2, 0.25) is 0 Å². The van der Waals surface area contributed by atoms with Gasteiger partial charge in [0, 0.05) is 12.6 Å². The van der Waals surface area contributed by atoms with Crippen LogP contribution in [0.2, 0.25) is 0 Å². The van der Waals surface area contributed by atoms with E-state index in [0.29, 0.717) is 23.4 Å². The number of benzene rings is 1. The Morgan fingerprint density at radius 3 is 2.67 bits per heavy atom. The largest absolute Gasteiger partial charge is 0.396 e. The van der Waals surface area contributed by atoms with Gasteiger partial charge < -0.3 is 10.4 Å². The quantitative estimate of drug-likeness (QED) is 0.875. The Bertz CT molecular complexity index is 552. The zero-order valence-corrected chi connectivity index (χ0v) is 11.5. The summed E-state index contributed by atoms with van der Waals surface area (Å²) in [7, 11) is -3.21. The second-order valence-corrected chi connectivity index (χ2v) is 6.92. The lowest BCUT2D eigenvalue weighted by molar-refractivity contribution is 0.282. The van der Waals surface area contributed by atoms with Gasteiger partial charge in [-0.2, -0.15) is 0 Å². The summed E-state index contributed by atoms with van der Waals surface area (Å²) in [4.78, 5) is 0.408. The molecule has 1 aliphatic rings. The van der Waals surface area contributed by atoms with E-state index in [0.717, 1.165) is 11.1 Å². The van der Waals surface area contributed by atoms with Crippen molar-refractivity contribution in [3.8, 4) is 0 Å². The zero-order chi connectivity index (χ0) is 13.3. The summed E-state index contributed by atoms with van der Waals surface area (Å²) in [5, 5.41) is 12.1. The summed E-state index contributed by atoms with van der Waals surface area (Å²) in [5.41, 5.74) is 2.78. The maximum Gasteiger partial charge on any atom is 0.182 e. The Balaban J connectivity index is 2.38. The van der Waals surface area contributed by atoms with E-state index in [9.17, 15) is 8.42 Å². The van der Waals surface area contributed by atoms with E-state index in [1.165, 1.54) is 0 Å². The molecule has 2 rings (SSSR count). The van der Waals surface area contributed by atoms with E-state index in [4.69, 9.17) is 5.11 Å². The van der Waals surface area contributed by atoms with Crippen molar-refractivity contribution >= 4 is 15.5 Å². The van der Waals surface area contributed by atoms with E-state index in [-0.39, 0.29) is 18.4 Å². The van der Waals surface area contributed by atoms with Crippen molar-refractivity contribution in [3.05, 3.63) is 23.3 Å². The number of anilines is 1. The fourth-order valence-electron chi connectivity index (χ4n) is 2.27. The van der Waals surface area contributed by atoms with Gasteiger partial charge in [0.15, 0.2) is 9.84 Å². The van der Waals surface area contributed by atoms with Crippen molar-refractivity contribution in [1.82, 2.24) is 0 Å². The van der Waals surface area contributed by atoms with Crippen LogP contribution in [0.25, 0.3) is 0 Å². The molecule has 5 heteroatoms. The van der Waals surface area contributed by atoms with Crippen LogP contribution in [-0.4, -0.2) is 31.9 Å². The van der Waals surface area contributed by atoms with Crippen LogP contribution in [0.5, 0.6) is 0 Å². The van der Waals surface area contributed by atoms with Crippen LogP contribution in [0, 0.1) is 13.8 Å². The number of aliphatic hydroxyl groups excluding tert-OH is 1. The molecule has 2 N–H and O–H groups in total. The van der Waals surface area contributed by atoms with Crippen molar-refractivity contribution in [2.75, 3.05) is 17.7 Å². The van der Waals surface area contributed by atoms with Gasteiger partial charge in [-0.1, -0.05) is 0 Å². The van der Waals surface area contributed by atoms with E-state index in [1.54, 1.807) is 6.07 Å². The molecule has 1 heterocycles. The first-order chi connectivity index (χ1) is 8.44. The van der Waals surface area contributed by atoms with E-state index >= 15 is 0 Å². The number of aryl methyl sites for hydroxylation is 2. The van der Waals surface area contributed by atoms with Crippen LogP contribution < -0.4 is 5.32 Å². The third kappa shape index (κ3) is 2.52. The Labute approximate surface area is 108 Å². The second-order valence-electron chi connectivity index (χ2n) is 4.92. The van der Waals surface area contributed by atoms with Crippen LogP contribution in [-0.2, 0) is 9.84 Å². The summed E-state index contributed by atoms with van der Waals surface area (Å²) in [5.74, 6) is 0.114. The van der Waals surface area contributed by atoms with Gasteiger partial charge in [-0.25, -0.2) is 8.42 Å². The van der Waals surface area contributed by atoms with Crippen molar-refractivity contribution in [2.24, 2.45) is 0 Å². The number of fused-ring (bicyclic) bond motifs is 1. The first-order valence-electron chi connectivity index (χ1n) is 6.15. The van der Waals surface area contributed by atoms with Gasteiger partial charge in [0.25, 0.3) is 0 Å². The zero-order valence-electron chi connectivity index (χ0n) is 10.7. The third-order valence-corrected chi connectivity index (χ3v) is 5.27. The molecule has 100 valence electrons. The molecule has 0 radical (unpaired) electrons. The molecule has 1 aromatic rings. The normalized spacial score (nSPS) is 21.2. The van der Waals surface area contributed by atoms with Gasteiger partial charge >= 0.3 is 0 Å². The van der Waals surface area contributed by atoms with Crippen LogP contribution in [0.4, 0.5) is 5.69 Å². The van der Waals surface area contributed by atoms with Crippen LogP contribution in [0.1, 0.15) is 24.0 Å². The molecule has 0 bridgehead atoms. The molecule has 4 nitrogen and oxygen atoms in total. The third-order valence-electron chi connectivity index (χ3n) is 3.42. The van der Waals surface area contributed by atoms with Crippen molar-refractivity contribution in [1.29, 1.82) is 0 Å². The van der Waals surface area contributed by atoms with E-state index in [2.05, 4.69) is 5.32 Å². The van der Waals surface area contributed by atoms with Crippen LogP contribution in [0.15, 0.2) is 17.0 Å². The maximum absolute atomic E-state index is 12.2. The Hall–Kier alpha value is -1.07. The summed E-state index contributed by atoms with van der Waals surface area (Å²) in [6.45, 7) is 3.99. The molecular weight excluding hydrogens is 250 g/mol. The lowest BCUT2D eigenvalue weighted by Gasteiger charge is -2.27. The Kier molecular flexibility index (Phi) is 3.64. The molecule has 0 saturated heterocycles. The first kappa shape index (κ1) is 13.4. The molecule has 0 fully saturated rings. The molecule has 1 aliphatic heterocycles. The molecule has 0 aliphatic carbocycles. The fourth-order valence-corrected chi connectivity index (χ4v) is 4.04. The minimum atomic E-state index is -3.21. The number of aliphatic hydroxyl groups is 1. The van der Waals surface area contributed by atoms with Gasteiger partial charge in [-0.05, 0) is 49.9 Å². The number of hydrogen-bond acceptors (Lipinski definition) is 4. The minimum Gasteiger partial charge on any atom is -0.396 e. The van der Waals surface area contributed by atoms with Crippen LogP contribution in [0.3, 0.4) is 0 Å². The standard InChI is InChI=1S/C13H19NO3S/c1-9-6-12-13(7-10(9)2)18(16,17)8-11(14-12)4-3-5-15/h6-7,11,14-15H,3-5,8H2,1-2H3.